The summed E-state index contributed by atoms with van der Waals surface area (Å²) in [6.45, 7) is 5.39. The molecule has 0 spiro atoms. The summed E-state index contributed by atoms with van der Waals surface area (Å²) < 4.78 is 32.0. The number of amides is 1. The van der Waals surface area contributed by atoms with Crippen LogP contribution in [0.15, 0.2) is 43.2 Å². The number of benzene rings is 2. The molecular weight excluding hydrogens is 510 g/mol. The van der Waals surface area contributed by atoms with E-state index in [0.717, 1.165) is 0 Å². The average molecular weight is 535 g/mol. The molecule has 2 heterocycles. The molecule has 1 aliphatic rings. The van der Waals surface area contributed by atoms with Crippen LogP contribution in [0.1, 0.15) is 12.8 Å². The lowest BCUT2D eigenvalue weighted by Crippen LogP contribution is -2.41. The molecule has 1 aliphatic heterocycles. The molecule has 1 aromatic heterocycles. The Kier molecular flexibility index (Phi) is 8.45. The van der Waals surface area contributed by atoms with Crippen molar-refractivity contribution in [2.45, 2.75) is 18.9 Å². The highest BCUT2D eigenvalue weighted by atomic mass is 35.5. The minimum Gasteiger partial charge on any atom is -0.487 e. The number of carbonyl (C=O) groups is 1. The van der Waals surface area contributed by atoms with Gasteiger partial charge in [-0.2, -0.15) is 0 Å². The van der Waals surface area contributed by atoms with Gasteiger partial charge in [0.1, 0.15) is 24.9 Å². The Hall–Kier alpha value is -3.14. The summed E-state index contributed by atoms with van der Waals surface area (Å²) in [7, 11) is 1.59. The molecule has 0 unspecified atom stereocenters. The number of ether oxygens (including phenoxy) is 3. The minimum absolute atomic E-state index is 0.0925. The summed E-state index contributed by atoms with van der Waals surface area (Å²) in [5.41, 5.74) is 0.686. The second kappa shape index (κ2) is 11.7. The molecule has 1 fully saturated rings. The summed E-state index contributed by atoms with van der Waals surface area (Å²) in [5, 5.41) is 3.50. The minimum atomic E-state index is -0.687. The van der Waals surface area contributed by atoms with Gasteiger partial charge in [0.05, 0.1) is 27.9 Å². The number of piperidine rings is 1. The quantitative estimate of drug-likeness (QED) is 0.223. The van der Waals surface area contributed by atoms with Gasteiger partial charge in [-0.1, -0.05) is 29.8 Å². The molecule has 36 heavy (non-hydrogen) atoms. The van der Waals surface area contributed by atoms with E-state index >= 15 is 0 Å². The standard InChI is InChI=1S/C25H25Cl2FN4O4/c1-3-22(33)32-8-6-15(7-9-32)36-21-12-16-19(13-20(21)35-11-10-34-2)29-14-30-25(16)31-18-5-4-17(26)23(27)24(18)28/h3-5,12-15H,1,6-11H2,2H3,(H,29,30,31). The third-order valence-electron chi connectivity index (χ3n) is 5.76. The number of halogens is 3. The number of nitrogens with one attached hydrogen (secondary N) is 1. The largest absolute Gasteiger partial charge is 0.487 e. The zero-order valence-electron chi connectivity index (χ0n) is 19.6. The highest BCUT2D eigenvalue weighted by Gasteiger charge is 2.24. The van der Waals surface area contributed by atoms with Gasteiger partial charge in [0.2, 0.25) is 5.91 Å². The zero-order valence-corrected chi connectivity index (χ0v) is 21.1. The lowest BCUT2D eigenvalue weighted by molar-refractivity contribution is -0.127. The van der Waals surface area contributed by atoms with Gasteiger partial charge in [-0.15, -0.1) is 0 Å². The monoisotopic (exact) mass is 534 g/mol. The molecule has 4 rings (SSSR count). The Morgan fingerprint density at radius 3 is 2.72 bits per heavy atom. The maximum absolute atomic E-state index is 14.7. The SMILES string of the molecule is C=CC(=O)N1CCC(Oc2cc3c(Nc4ccc(Cl)c(Cl)c4F)ncnc3cc2OCCOC)CC1. The van der Waals surface area contributed by atoms with Crippen LogP contribution in [0.5, 0.6) is 11.5 Å². The third kappa shape index (κ3) is 5.80. The first kappa shape index (κ1) is 25.9. The second-order valence-corrected chi connectivity index (χ2v) is 8.86. The number of aromatic nitrogens is 2. The van der Waals surface area contributed by atoms with E-state index in [4.69, 9.17) is 37.4 Å². The molecule has 8 nitrogen and oxygen atoms in total. The molecule has 11 heteroatoms. The van der Waals surface area contributed by atoms with E-state index in [0.29, 0.717) is 67.4 Å². The highest BCUT2D eigenvalue weighted by molar-refractivity contribution is 6.42. The van der Waals surface area contributed by atoms with E-state index in [-0.39, 0.29) is 27.7 Å². The van der Waals surface area contributed by atoms with Gasteiger partial charge in [0.15, 0.2) is 17.3 Å². The van der Waals surface area contributed by atoms with E-state index in [1.54, 1.807) is 24.1 Å². The Bertz CT molecular complexity index is 1270. The Morgan fingerprint density at radius 2 is 2.00 bits per heavy atom. The number of hydrogen-bond acceptors (Lipinski definition) is 7. The van der Waals surface area contributed by atoms with E-state index < -0.39 is 5.82 Å². The van der Waals surface area contributed by atoms with E-state index in [2.05, 4.69) is 21.9 Å². The Morgan fingerprint density at radius 1 is 1.22 bits per heavy atom. The summed E-state index contributed by atoms with van der Waals surface area (Å²) in [5.74, 6) is 0.559. The molecule has 1 saturated heterocycles. The van der Waals surface area contributed by atoms with Gasteiger partial charge >= 0.3 is 0 Å². The summed E-state index contributed by atoms with van der Waals surface area (Å²) in [4.78, 5) is 22.3. The smallest absolute Gasteiger partial charge is 0.245 e. The van der Waals surface area contributed by atoms with Crippen molar-refractivity contribution in [2.75, 3.05) is 38.7 Å². The van der Waals surface area contributed by atoms with Gasteiger partial charge in [-0.3, -0.25) is 4.79 Å². The molecular formula is C25H25Cl2FN4O4. The first-order chi connectivity index (χ1) is 17.4. The van der Waals surface area contributed by atoms with Gasteiger partial charge in [-0.05, 0) is 24.3 Å². The zero-order chi connectivity index (χ0) is 25.7. The number of methoxy groups -OCH3 is 1. The first-order valence-electron chi connectivity index (χ1n) is 11.3. The van der Waals surface area contributed by atoms with Gasteiger partial charge in [0, 0.05) is 44.5 Å². The van der Waals surface area contributed by atoms with Crippen molar-refractivity contribution >= 4 is 51.5 Å². The van der Waals surface area contributed by atoms with Gasteiger partial charge < -0.3 is 24.4 Å². The molecule has 2 aromatic carbocycles. The van der Waals surface area contributed by atoms with E-state index in [1.165, 1.54) is 24.5 Å². The lowest BCUT2D eigenvalue weighted by atomic mass is 10.1. The second-order valence-electron chi connectivity index (χ2n) is 8.07. The first-order valence-corrected chi connectivity index (χ1v) is 12.1. The van der Waals surface area contributed by atoms with E-state index in [9.17, 15) is 9.18 Å². The lowest BCUT2D eigenvalue weighted by Gasteiger charge is -2.32. The number of likely N-dealkylation sites (tertiary alicyclic amines) is 1. The molecule has 0 saturated carbocycles. The predicted octanol–water partition coefficient (Wildman–Crippen LogP) is 5.40. The van der Waals surface area contributed by atoms with Crippen molar-refractivity contribution in [1.29, 1.82) is 0 Å². The van der Waals surface area contributed by atoms with Crippen molar-refractivity contribution in [3.05, 3.63) is 59.1 Å². The fourth-order valence-corrected chi connectivity index (χ4v) is 4.17. The van der Waals surface area contributed by atoms with Crippen molar-refractivity contribution < 1.29 is 23.4 Å². The molecule has 190 valence electrons. The molecule has 0 atom stereocenters. The van der Waals surface area contributed by atoms with Crippen LogP contribution >= 0.6 is 23.2 Å². The number of nitrogens with zero attached hydrogens (tertiary/aromatic N) is 3. The van der Waals surface area contributed by atoms with Crippen LogP contribution in [0.2, 0.25) is 10.0 Å². The average Bonchev–Trinajstić information content (AvgIpc) is 2.89. The summed E-state index contributed by atoms with van der Waals surface area (Å²) in [6.07, 6.45) is 3.86. The van der Waals surface area contributed by atoms with Crippen LogP contribution in [0.4, 0.5) is 15.9 Å². The molecule has 0 aliphatic carbocycles. The number of hydrogen-bond donors (Lipinski definition) is 1. The Labute approximate surface area is 218 Å². The van der Waals surface area contributed by atoms with E-state index in [1.807, 2.05) is 0 Å². The van der Waals surface area contributed by atoms with Crippen LogP contribution in [0.3, 0.4) is 0 Å². The molecule has 0 radical (unpaired) electrons. The van der Waals surface area contributed by atoms with Crippen LogP contribution in [-0.4, -0.2) is 60.3 Å². The summed E-state index contributed by atoms with van der Waals surface area (Å²) in [6, 6.07) is 6.49. The number of rotatable bonds is 9. The van der Waals surface area contributed by atoms with Crippen molar-refractivity contribution in [3.8, 4) is 11.5 Å². The normalized spacial score (nSPS) is 14.1. The topological polar surface area (TPSA) is 85.8 Å². The fraction of sp³-hybridized carbons (Fsp3) is 0.320. The summed E-state index contributed by atoms with van der Waals surface area (Å²) >= 11 is 11.9. The number of anilines is 2. The van der Waals surface area contributed by atoms with Crippen LogP contribution in [0.25, 0.3) is 10.9 Å². The van der Waals surface area contributed by atoms with Crippen LogP contribution in [0, 0.1) is 5.82 Å². The van der Waals surface area contributed by atoms with Gasteiger partial charge in [0.25, 0.3) is 0 Å². The molecule has 0 bridgehead atoms. The van der Waals surface area contributed by atoms with Crippen molar-refractivity contribution in [2.24, 2.45) is 0 Å². The molecule has 3 aromatic rings. The number of fused-ring (bicyclic) bond motifs is 1. The van der Waals surface area contributed by atoms with Gasteiger partial charge in [-0.25, -0.2) is 14.4 Å². The predicted molar refractivity (Wildman–Crippen MR) is 137 cm³/mol. The van der Waals surface area contributed by atoms with Crippen LogP contribution in [-0.2, 0) is 9.53 Å². The fourth-order valence-electron chi connectivity index (χ4n) is 3.86. The number of carbonyl (C=O) groups excluding carboxylic acids is 1. The highest BCUT2D eigenvalue weighted by Crippen LogP contribution is 2.38. The Balaban J connectivity index is 1.65. The maximum Gasteiger partial charge on any atom is 0.245 e. The molecule has 1 amide bonds. The van der Waals surface area contributed by atoms with Crippen molar-refractivity contribution in [1.82, 2.24) is 14.9 Å². The maximum atomic E-state index is 14.7. The molecule has 1 N–H and O–H groups in total. The third-order valence-corrected chi connectivity index (χ3v) is 6.54. The van der Waals surface area contributed by atoms with Crippen molar-refractivity contribution in [3.63, 3.8) is 0 Å². The van der Waals surface area contributed by atoms with Crippen LogP contribution < -0.4 is 14.8 Å².